The number of halogens is 1. The first-order valence-corrected chi connectivity index (χ1v) is 8.44. The molecule has 0 fully saturated rings. The molecule has 7 nitrogen and oxygen atoms in total. The molecule has 3 aromatic rings. The molecular formula is C19H14FN3O4S. The number of carbonyl (C=O) groups is 1. The number of aliphatic imine (C=N–C) groups is 1. The smallest absolute Gasteiger partial charge is 0.337 e. The van der Waals surface area contributed by atoms with Gasteiger partial charge in [-0.25, -0.2) is 9.18 Å². The summed E-state index contributed by atoms with van der Waals surface area (Å²) in [6.07, 6.45) is 1.08. The monoisotopic (exact) mass is 399 g/mol. The van der Waals surface area contributed by atoms with E-state index >= 15 is 0 Å². The molecule has 9 heteroatoms. The molecule has 3 N–H and O–H groups in total. The largest absolute Gasteiger partial charge is 0.494 e. The molecule has 0 aliphatic rings. The molecule has 0 saturated carbocycles. The van der Waals surface area contributed by atoms with Crippen LogP contribution in [0.1, 0.15) is 21.5 Å². The third kappa shape index (κ3) is 4.04. The van der Waals surface area contributed by atoms with E-state index in [0.29, 0.717) is 5.56 Å². The van der Waals surface area contributed by atoms with Crippen LogP contribution < -0.4 is 5.56 Å². The third-order valence-electron chi connectivity index (χ3n) is 3.93. The predicted octanol–water partition coefficient (Wildman–Crippen LogP) is 3.25. The van der Waals surface area contributed by atoms with Crippen molar-refractivity contribution >= 4 is 30.1 Å². The first-order chi connectivity index (χ1) is 13.4. The number of nitrogens with one attached hydrogen (secondary N) is 1. The second-order valence-electron chi connectivity index (χ2n) is 5.79. The van der Waals surface area contributed by atoms with E-state index in [1.54, 1.807) is 12.1 Å². The topological polar surface area (TPSA) is 108 Å². The van der Waals surface area contributed by atoms with Gasteiger partial charge in [0.2, 0.25) is 5.88 Å². The molecular weight excluding hydrogens is 385 g/mol. The zero-order valence-electron chi connectivity index (χ0n) is 14.3. The molecule has 2 aromatic carbocycles. The minimum absolute atomic E-state index is 0.0186. The lowest BCUT2D eigenvalue weighted by molar-refractivity contribution is 0.0698. The highest BCUT2D eigenvalue weighted by Crippen LogP contribution is 2.20. The Morgan fingerprint density at radius 1 is 1.21 bits per heavy atom. The molecule has 28 heavy (non-hydrogen) atoms. The summed E-state index contributed by atoms with van der Waals surface area (Å²) in [5, 5.41) is 19.7. The fourth-order valence-electron chi connectivity index (χ4n) is 2.51. The molecule has 1 aromatic heterocycles. The molecule has 0 amide bonds. The summed E-state index contributed by atoms with van der Waals surface area (Å²) < 4.78 is 14.3. The normalized spacial score (nSPS) is 11.0. The van der Waals surface area contributed by atoms with Crippen molar-refractivity contribution in [1.29, 1.82) is 0 Å². The Hall–Kier alpha value is -3.59. The van der Waals surface area contributed by atoms with E-state index in [2.05, 4.69) is 9.98 Å². The number of hydrogen-bond donors (Lipinski definition) is 3. The Labute approximate surface area is 163 Å². The van der Waals surface area contributed by atoms with Crippen LogP contribution in [-0.2, 0) is 6.54 Å². The van der Waals surface area contributed by atoms with Crippen molar-refractivity contribution < 1.29 is 19.4 Å². The van der Waals surface area contributed by atoms with Gasteiger partial charge in [-0.05, 0) is 42.0 Å². The van der Waals surface area contributed by atoms with Crippen molar-refractivity contribution in [2.75, 3.05) is 0 Å². The first kappa shape index (κ1) is 19.2. The average Bonchev–Trinajstić information content (AvgIpc) is 2.66. The van der Waals surface area contributed by atoms with Gasteiger partial charge in [0.15, 0.2) is 4.77 Å². The van der Waals surface area contributed by atoms with Gasteiger partial charge in [-0.15, -0.1) is 0 Å². The van der Waals surface area contributed by atoms with Crippen LogP contribution >= 0.6 is 12.2 Å². The van der Waals surface area contributed by atoms with E-state index in [1.807, 2.05) is 0 Å². The molecule has 0 saturated heterocycles. The van der Waals surface area contributed by atoms with Gasteiger partial charge >= 0.3 is 5.97 Å². The van der Waals surface area contributed by atoms with Crippen LogP contribution in [0.5, 0.6) is 5.88 Å². The Morgan fingerprint density at radius 3 is 2.57 bits per heavy atom. The summed E-state index contributed by atoms with van der Waals surface area (Å²) in [7, 11) is 0. The fourth-order valence-corrected chi connectivity index (χ4v) is 2.76. The molecule has 0 bridgehead atoms. The molecule has 0 spiro atoms. The second-order valence-corrected chi connectivity index (χ2v) is 6.18. The van der Waals surface area contributed by atoms with Gasteiger partial charge in [-0.3, -0.25) is 19.3 Å². The van der Waals surface area contributed by atoms with Gasteiger partial charge in [-0.2, -0.15) is 0 Å². The van der Waals surface area contributed by atoms with Crippen LogP contribution in [0.3, 0.4) is 0 Å². The van der Waals surface area contributed by atoms with Crippen molar-refractivity contribution in [3.63, 3.8) is 0 Å². The molecule has 0 radical (unpaired) electrons. The van der Waals surface area contributed by atoms with E-state index in [1.165, 1.54) is 41.0 Å². The Kier molecular flexibility index (Phi) is 5.46. The van der Waals surface area contributed by atoms with Crippen LogP contribution in [0.25, 0.3) is 0 Å². The zero-order chi connectivity index (χ0) is 20.3. The summed E-state index contributed by atoms with van der Waals surface area (Å²) in [5.74, 6) is -2.00. The lowest BCUT2D eigenvalue weighted by Crippen LogP contribution is -2.19. The van der Waals surface area contributed by atoms with Crippen molar-refractivity contribution in [3.05, 3.63) is 86.2 Å². The molecule has 142 valence electrons. The number of aromatic hydroxyl groups is 1. The Balaban J connectivity index is 2.03. The van der Waals surface area contributed by atoms with E-state index in [4.69, 9.17) is 12.2 Å². The minimum atomic E-state index is -1.17. The lowest BCUT2D eigenvalue weighted by atomic mass is 10.2. The number of carboxylic acid groups (broad SMARTS) is 1. The van der Waals surface area contributed by atoms with E-state index in [-0.39, 0.29) is 28.1 Å². The number of hydrogen-bond acceptors (Lipinski definition) is 5. The lowest BCUT2D eigenvalue weighted by Gasteiger charge is -2.11. The Bertz CT molecular complexity index is 1180. The molecule has 0 aliphatic carbocycles. The van der Waals surface area contributed by atoms with E-state index in [0.717, 1.165) is 6.21 Å². The zero-order valence-corrected chi connectivity index (χ0v) is 15.1. The van der Waals surface area contributed by atoms with Crippen molar-refractivity contribution in [2.45, 2.75) is 6.54 Å². The molecule has 3 rings (SSSR count). The summed E-state index contributed by atoms with van der Waals surface area (Å²) in [4.78, 5) is 29.9. The van der Waals surface area contributed by atoms with Crippen LogP contribution in [-0.4, -0.2) is 31.9 Å². The maximum Gasteiger partial charge on any atom is 0.337 e. The highest BCUT2D eigenvalue weighted by molar-refractivity contribution is 7.71. The summed E-state index contributed by atoms with van der Waals surface area (Å²) in [6.45, 7) is 0.0915. The van der Waals surface area contributed by atoms with Gasteiger partial charge in [-0.1, -0.05) is 24.3 Å². The second kappa shape index (κ2) is 7.97. The molecule has 1 heterocycles. The molecule has 0 aliphatic heterocycles. The quantitative estimate of drug-likeness (QED) is 0.451. The number of aromatic nitrogens is 2. The first-order valence-electron chi connectivity index (χ1n) is 8.03. The van der Waals surface area contributed by atoms with Gasteiger partial charge in [0, 0.05) is 6.21 Å². The number of H-pyrrole nitrogens is 1. The average molecular weight is 399 g/mol. The van der Waals surface area contributed by atoms with Crippen molar-refractivity contribution in [2.24, 2.45) is 4.99 Å². The third-order valence-corrected chi connectivity index (χ3v) is 4.25. The van der Waals surface area contributed by atoms with Crippen LogP contribution in [0.2, 0.25) is 0 Å². The van der Waals surface area contributed by atoms with Crippen molar-refractivity contribution in [1.82, 2.24) is 9.55 Å². The number of rotatable bonds is 5. The molecule has 0 atom stereocenters. The Morgan fingerprint density at radius 2 is 1.89 bits per heavy atom. The standard InChI is InChI=1S/C19H14FN3O4S/c20-12-7-5-11(6-8-12)10-23-17(25)14(16(24)22-19(23)28)9-21-15-4-2-1-3-13(15)18(26)27/h1-9,25H,10H2,(H,26,27)(H,22,24,28). The maximum atomic E-state index is 13.1. The minimum Gasteiger partial charge on any atom is -0.494 e. The number of para-hydroxylation sites is 1. The summed E-state index contributed by atoms with van der Waals surface area (Å²) in [5.41, 5.74) is -0.126. The van der Waals surface area contributed by atoms with Gasteiger partial charge < -0.3 is 10.2 Å². The van der Waals surface area contributed by atoms with Gasteiger partial charge in [0.05, 0.1) is 17.8 Å². The van der Waals surface area contributed by atoms with E-state index in [9.17, 15) is 24.2 Å². The van der Waals surface area contributed by atoms with Crippen molar-refractivity contribution in [3.8, 4) is 5.88 Å². The highest BCUT2D eigenvalue weighted by atomic mass is 32.1. The number of nitrogens with zero attached hydrogens (tertiary/aromatic N) is 2. The highest BCUT2D eigenvalue weighted by Gasteiger charge is 2.13. The number of aromatic amines is 1. The number of benzene rings is 2. The fraction of sp³-hybridized carbons (Fsp3) is 0.0526. The maximum absolute atomic E-state index is 13.1. The molecule has 0 unspecified atom stereocenters. The SMILES string of the molecule is O=C(O)c1ccccc1N=Cc1c(O)n(Cc2ccc(F)cc2)c(=S)[nH]c1=O. The number of aromatic carboxylic acids is 1. The summed E-state index contributed by atoms with van der Waals surface area (Å²) in [6, 6.07) is 11.6. The summed E-state index contributed by atoms with van der Waals surface area (Å²) >= 11 is 5.10. The van der Waals surface area contributed by atoms with Crippen LogP contribution in [0.15, 0.2) is 58.3 Å². The van der Waals surface area contributed by atoms with E-state index < -0.39 is 23.2 Å². The predicted molar refractivity (Wildman–Crippen MR) is 104 cm³/mol. The van der Waals surface area contributed by atoms with Crippen LogP contribution in [0.4, 0.5) is 10.1 Å². The van der Waals surface area contributed by atoms with Gasteiger partial charge in [0.25, 0.3) is 5.56 Å². The van der Waals surface area contributed by atoms with Crippen LogP contribution in [0, 0.1) is 10.6 Å². The van der Waals surface area contributed by atoms with Gasteiger partial charge in [0.1, 0.15) is 11.4 Å². The number of carboxylic acids is 1.